The van der Waals surface area contributed by atoms with Crippen molar-refractivity contribution < 1.29 is 17.7 Å². The third-order valence-corrected chi connectivity index (χ3v) is 5.90. The van der Waals surface area contributed by atoms with Crippen LogP contribution in [0.5, 0.6) is 0 Å². The third kappa shape index (κ3) is 5.00. The van der Waals surface area contributed by atoms with Crippen LogP contribution in [0.3, 0.4) is 0 Å². The molecule has 0 aliphatic heterocycles. The molecule has 1 amide bonds. The van der Waals surface area contributed by atoms with Gasteiger partial charge in [0.25, 0.3) is 0 Å². The maximum Gasteiger partial charge on any atom is 0.239 e. The fraction of sp³-hybridized carbons (Fsp3) is 0.235. The number of likely N-dealkylation sites (N-methyl/N-ethyl adjacent to an activating group) is 1. The quantitative estimate of drug-likeness (QED) is 0.645. The number of hydrogen-bond acceptors (Lipinski definition) is 7. The molecule has 2 aromatic heterocycles. The minimum atomic E-state index is -3.43. The van der Waals surface area contributed by atoms with Gasteiger partial charge in [-0.25, -0.2) is 8.42 Å². The third-order valence-electron chi connectivity index (χ3n) is 3.78. The summed E-state index contributed by atoms with van der Waals surface area (Å²) in [5.41, 5.74) is 1.36. The van der Waals surface area contributed by atoms with Gasteiger partial charge in [-0.05, 0) is 23.1 Å². The van der Waals surface area contributed by atoms with Gasteiger partial charge in [0.2, 0.25) is 27.6 Å². The summed E-state index contributed by atoms with van der Waals surface area (Å²) >= 11 is 1.52. The zero-order valence-electron chi connectivity index (χ0n) is 14.7. The summed E-state index contributed by atoms with van der Waals surface area (Å²) in [5, 5.41) is 8.64. The first-order chi connectivity index (χ1) is 12.8. The Balaban J connectivity index is 1.72. The van der Waals surface area contributed by atoms with Crippen molar-refractivity contribution in [1.82, 2.24) is 14.4 Å². The van der Waals surface area contributed by atoms with Gasteiger partial charge in [0.1, 0.15) is 0 Å². The number of hydrogen-bond donors (Lipinski definition) is 1. The van der Waals surface area contributed by atoms with Crippen LogP contribution in [0.4, 0.5) is 5.69 Å². The lowest BCUT2D eigenvalue weighted by molar-refractivity contribution is -0.116. The molecule has 0 atom stereocenters. The number of aromatic nitrogens is 2. The van der Waals surface area contributed by atoms with Crippen LogP contribution in [-0.4, -0.2) is 48.6 Å². The number of sulfonamides is 1. The van der Waals surface area contributed by atoms with Gasteiger partial charge in [-0.15, -0.1) is 11.3 Å². The van der Waals surface area contributed by atoms with Crippen molar-refractivity contribution >= 4 is 33.0 Å². The number of carbonyl (C=O) groups is 1. The molecule has 0 bridgehead atoms. The fourth-order valence-corrected chi connectivity index (χ4v) is 3.30. The summed E-state index contributed by atoms with van der Waals surface area (Å²) in [5.74, 6) is 0.518. The maximum atomic E-state index is 12.2. The molecular formula is C17H18N4O4S2. The SMILES string of the molecule is CN(CC(=O)Nc1ccccc1Cc1nc(-c2cccs2)no1)S(C)(=O)=O. The van der Waals surface area contributed by atoms with Crippen molar-refractivity contribution in [2.75, 3.05) is 25.2 Å². The highest BCUT2D eigenvalue weighted by Crippen LogP contribution is 2.23. The molecule has 0 radical (unpaired) electrons. The van der Waals surface area contributed by atoms with E-state index in [1.165, 1.54) is 18.4 Å². The van der Waals surface area contributed by atoms with Gasteiger partial charge in [-0.2, -0.15) is 9.29 Å². The predicted molar refractivity (Wildman–Crippen MR) is 103 cm³/mol. The van der Waals surface area contributed by atoms with Gasteiger partial charge in [-0.1, -0.05) is 29.4 Å². The highest BCUT2D eigenvalue weighted by Gasteiger charge is 2.17. The molecule has 1 aromatic carbocycles. The topological polar surface area (TPSA) is 105 Å². The summed E-state index contributed by atoms with van der Waals surface area (Å²) in [7, 11) is -2.07. The molecule has 142 valence electrons. The van der Waals surface area contributed by atoms with Crippen LogP contribution >= 0.6 is 11.3 Å². The van der Waals surface area contributed by atoms with Crippen LogP contribution < -0.4 is 5.32 Å². The molecule has 3 aromatic rings. The molecule has 0 unspecified atom stereocenters. The Hall–Kier alpha value is -2.56. The van der Waals surface area contributed by atoms with Gasteiger partial charge in [0.15, 0.2) is 0 Å². The number of rotatable bonds is 7. The number of nitrogens with zero attached hydrogens (tertiary/aromatic N) is 3. The molecule has 1 N–H and O–H groups in total. The molecule has 27 heavy (non-hydrogen) atoms. The van der Waals surface area contributed by atoms with E-state index < -0.39 is 15.9 Å². The molecule has 0 saturated carbocycles. The second-order valence-corrected chi connectivity index (χ2v) is 8.93. The average Bonchev–Trinajstić information content (AvgIpc) is 3.27. The average molecular weight is 406 g/mol. The molecule has 2 heterocycles. The number of thiophene rings is 1. The highest BCUT2D eigenvalue weighted by atomic mass is 32.2. The van der Waals surface area contributed by atoms with E-state index in [1.807, 2.05) is 29.6 Å². The van der Waals surface area contributed by atoms with E-state index in [0.717, 1.165) is 21.0 Å². The van der Waals surface area contributed by atoms with Crippen molar-refractivity contribution in [2.24, 2.45) is 0 Å². The maximum absolute atomic E-state index is 12.2. The van der Waals surface area contributed by atoms with E-state index in [1.54, 1.807) is 12.1 Å². The molecule has 3 rings (SSSR count). The van der Waals surface area contributed by atoms with Crippen LogP contribution in [0.15, 0.2) is 46.3 Å². The number of para-hydroxylation sites is 1. The highest BCUT2D eigenvalue weighted by molar-refractivity contribution is 7.88. The van der Waals surface area contributed by atoms with Gasteiger partial charge >= 0.3 is 0 Å². The molecule has 0 aliphatic rings. The van der Waals surface area contributed by atoms with E-state index in [2.05, 4.69) is 15.5 Å². The zero-order valence-corrected chi connectivity index (χ0v) is 16.4. The van der Waals surface area contributed by atoms with Crippen LogP contribution in [-0.2, 0) is 21.2 Å². The van der Waals surface area contributed by atoms with E-state index in [9.17, 15) is 13.2 Å². The first-order valence-corrected chi connectivity index (χ1v) is 10.7. The molecule has 10 heteroatoms. The van der Waals surface area contributed by atoms with Crippen LogP contribution in [0.1, 0.15) is 11.5 Å². The van der Waals surface area contributed by atoms with E-state index in [-0.39, 0.29) is 6.54 Å². The van der Waals surface area contributed by atoms with Crippen molar-refractivity contribution in [3.63, 3.8) is 0 Å². The Kier molecular flexibility index (Phi) is 5.68. The second-order valence-electron chi connectivity index (χ2n) is 5.89. The Bertz CT molecular complexity index is 1030. The molecule has 8 nitrogen and oxygen atoms in total. The molecule has 0 spiro atoms. The molecule has 0 aliphatic carbocycles. The van der Waals surface area contributed by atoms with Crippen LogP contribution in [0, 0.1) is 0 Å². The number of amides is 1. The van der Waals surface area contributed by atoms with Crippen LogP contribution in [0.25, 0.3) is 10.7 Å². The van der Waals surface area contributed by atoms with E-state index in [0.29, 0.717) is 23.8 Å². The zero-order chi connectivity index (χ0) is 19.4. The van der Waals surface area contributed by atoms with E-state index >= 15 is 0 Å². The number of nitrogens with one attached hydrogen (secondary N) is 1. The standard InChI is InChI=1S/C17H18N4O4S2/c1-21(27(2,23)24)11-15(22)18-13-7-4-3-6-12(13)10-16-19-17(20-25-16)14-8-5-9-26-14/h3-9H,10-11H2,1-2H3,(H,18,22). The first kappa shape index (κ1) is 19.2. The van der Waals surface area contributed by atoms with Gasteiger partial charge in [-0.3, -0.25) is 4.79 Å². The summed E-state index contributed by atoms with van der Waals surface area (Å²) < 4.78 is 29.2. The van der Waals surface area contributed by atoms with Gasteiger partial charge < -0.3 is 9.84 Å². The summed E-state index contributed by atoms with van der Waals surface area (Å²) in [6.45, 7) is -0.268. The van der Waals surface area contributed by atoms with Gasteiger partial charge in [0, 0.05) is 12.7 Å². The minimum Gasteiger partial charge on any atom is -0.339 e. The van der Waals surface area contributed by atoms with Crippen molar-refractivity contribution in [1.29, 1.82) is 0 Å². The Morgan fingerprint density at radius 3 is 2.74 bits per heavy atom. The van der Waals surface area contributed by atoms with Gasteiger partial charge in [0.05, 0.1) is 24.1 Å². The minimum absolute atomic E-state index is 0.268. The second kappa shape index (κ2) is 7.99. The predicted octanol–water partition coefficient (Wildman–Crippen LogP) is 2.22. The molecular weight excluding hydrogens is 388 g/mol. The molecule has 0 fully saturated rings. The lowest BCUT2D eigenvalue weighted by Gasteiger charge is -2.15. The number of benzene rings is 1. The smallest absolute Gasteiger partial charge is 0.239 e. The summed E-state index contributed by atoms with van der Waals surface area (Å²) in [6.07, 6.45) is 1.39. The monoisotopic (exact) mass is 406 g/mol. The Labute approximate surface area is 160 Å². The largest absolute Gasteiger partial charge is 0.339 e. The van der Waals surface area contributed by atoms with Crippen molar-refractivity contribution in [2.45, 2.75) is 6.42 Å². The lowest BCUT2D eigenvalue weighted by Crippen LogP contribution is -2.34. The summed E-state index contributed by atoms with van der Waals surface area (Å²) in [4.78, 5) is 17.5. The molecule has 0 saturated heterocycles. The number of carbonyl (C=O) groups excluding carboxylic acids is 1. The fourth-order valence-electron chi connectivity index (χ4n) is 2.30. The van der Waals surface area contributed by atoms with Crippen molar-refractivity contribution in [3.8, 4) is 10.7 Å². The normalized spacial score (nSPS) is 11.7. The van der Waals surface area contributed by atoms with Crippen LogP contribution in [0.2, 0.25) is 0 Å². The Morgan fingerprint density at radius 1 is 1.26 bits per heavy atom. The number of anilines is 1. The lowest BCUT2D eigenvalue weighted by atomic mass is 10.1. The van der Waals surface area contributed by atoms with Crippen molar-refractivity contribution in [3.05, 3.63) is 53.2 Å². The Morgan fingerprint density at radius 2 is 2.04 bits per heavy atom. The first-order valence-electron chi connectivity index (χ1n) is 7.98. The summed E-state index contributed by atoms with van der Waals surface area (Å²) in [6, 6.07) is 11.0. The van der Waals surface area contributed by atoms with E-state index in [4.69, 9.17) is 4.52 Å².